The summed E-state index contributed by atoms with van der Waals surface area (Å²) in [4.78, 5) is 24.2. The lowest BCUT2D eigenvalue weighted by Gasteiger charge is -2.05. The molecular weight excluding hydrogens is 375 g/mol. The van der Waals surface area contributed by atoms with Crippen LogP contribution in [-0.4, -0.2) is 21.5 Å². The molecule has 0 saturated heterocycles. The number of halogens is 1. The van der Waals surface area contributed by atoms with Crippen molar-refractivity contribution in [3.05, 3.63) is 76.7 Å². The van der Waals surface area contributed by atoms with Crippen LogP contribution < -0.4 is 10.9 Å². The first-order valence-electron chi connectivity index (χ1n) is 8.87. The molecule has 0 aliphatic heterocycles. The lowest BCUT2D eigenvalue weighted by Crippen LogP contribution is -2.05. The number of nitrogens with zero attached hydrogens (tertiary/aromatic N) is 2. The molecule has 5 rings (SSSR count). The molecule has 2 aromatic carbocycles. The normalized spacial score (nSPS) is 11.5. The number of hydrogen-bond acceptors (Lipinski definition) is 5. The highest BCUT2D eigenvalue weighted by molar-refractivity contribution is 7.23. The third-order valence-corrected chi connectivity index (χ3v) is 5.77. The van der Waals surface area contributed by atoms with Gasteiger partial charge in [-0.25, -0.2) is 9.37 Å². The van der Waals surface area contributed by atoms with Crippen LogP contribution in [0, 0.1) is 5.82 Å². The Bertz CT molecular complexity index is 1380. The summed E-state index contributed by atoms with van der Waals surface area (Å²) in [5.74, 6) is -0.375. The molecule has 7 heteroatoms. The monoisotopic (exact) mass is 390 g/mol. The molecule has 0 saturated carbocycles. The van der Waals surface area contributed by atoms with Crippen LogP contribution >= 0.6 is 11.3 Å². The molecule has 3 heterocycles. The van der Waals surface area contributed by atoms with Crippen LogP contribution in [0.15, 0.2) is 59.7 Å². The van der Waals surface area contributed by atoms with Gasteiger partial charge < -0.3 is 10.3 Å². The van der Waals surface area contributed by atoms with Crippen LogP contribution in [0.5, 0.6) is 0 Å². The molecule has 5 nitrogen and oxygen atoms in total. The molecule has 0 bridgehead atoms. The first-order valence-corrected chi connectivity index (χ1v) is 9.69. The second-order valence-electron chi connectivity index (χ2n) is 6.48. The zero-order valence-electron chi connectivity index (χ0n) is 14.7. The molecule has 5 aromatic rings. The van der Waals surface area contributed by atoms with Crippen molar-refractivity contribution in [1.29, 1.82) is 0 Å². The Morgan fingerprint density at radius 3 is 2.89 bits per heavy atom. The van der Waals surface area contributed by atoms with E-state index in [1.807, 2.05) is 24.3 Å². The Kier molecular flexibility index (Phi) is 4.02. The number of H-pyrrole nitrogens is 1. The maximum atomic E-state index is 13.9. The van der Waals surface area contributed by atoms with E-state index in [1.165, 1.54) is 23.5 Å². The SMILES string of the molecule is O=c1[nH]ccc2c3sc(NCCc4ccccn4)nc3c3ccc(F)cc3c12. The van der Waals surface area contributed by atoms with Crippen molar-refractivity contribution >= 4 is 48.2 Å². The van der Waals surface area contributed by atoms with Crippen molar-refractivity contribution in [2.45, 2.75) is 6.42 Å². The minimum absolute atomic E-state index is 0.229. The fraction of sp³-hybridized carbons (Fsp3) is 0.0952. The van der Waals surface area contributed by atoms with Gasteiger partial charge in [-0.2, -0.15) is 0 Å². The van der Waals surface area contributed by atoms with Crippen LogP contribution in [0.2, 0.25) is 0 Å². The molecule has 0 aliphatic carbocycles. The van der Waals surface area contributed by atoms with E-state index in [1.54, 1.807) is 18.5 Å². The fourth-order valence-corrected chi connectivity index (χ4v) is 4.51. The maximum Gasteiger partial charge on any atom is 0.256 e. The molecule has 0 fully saturated rings. The Morgan fingerprint density at radius 1 is 1.11 bits per heavy atom. The van der Waals surface area contributed by atoms with Gasteiger partial charge in [0, 0.05) is 47.2 Å². The Labute approximate surface area is 162 Å². The van der Waals surface area contributed by atoms with Crippen LogP contribution in [0.3, 0.4) is 0 Å². The number of thiazole rings is 1. The number of pyridine rings is 2. The lowest BCUT2D eigenvalue weighted by atomic mass is 10.0. The zero-order chi connectivity index (χ0) is 19.1. The number of hydrogen-bond donors (Lipinski definition) is 2. The van der Waals surface area contributed by atoms with Gasteiger partial charge in [-0.15, -0.1) is 0 Å². The van der Waals surface area contributed by atoms with Crippen molar-refractivity contribution in [2.24, 2.45) is 0 Å². The van der Waals surface area contributed by atoms with Crippen molar-refractivity contribution in [3.8, 4) is 0 Å². The van der Waals surface area contributed by atoms with Crippen molar-refractivity contribution in [2.75, 3.05) is 11.9 Å². The molecule has 2 N–H and O–H groups in total. The van der Waals surface area contributed by atoms with Crippen molar-refractivity contribution < 1.29 is 4.39 Å². The predicted molar refractivity (Wildman–Crippen MR) is 112 cm³/mol. The van der Waals surface area contributed by atoms with Crippen LogP contribution in [0.1, 0.15) is 5.69 Å². The number of nitrogens with one attached hydrogen (secondary N) is 2. The molecule has 0 atom stereocenters. The summed E-state index contributed by atoms with van der Waals surface area (Å²) in [5, 5.41) is 6.74. The number of benzene rings is 2. The van der Waals surface area contributed by atoms with E-state index in [9.17, 15) is 9.18 Å². The van der Waals surface area contributed by atoms with Gasteiger partial charge in [-0.1, -0.05) is 17.4 Å². The summed E-state index contributed by atoms with van der Waals surface area (Å²) >= 11 is 1.50. The Balaban J connectivity index is 1.62. The molecule has 138 valence electrons. The van der Waals surface area contributed by atoms with E-state index in [2.05, 4.69) is 15.3 Å². The van der Waals surface area contributed by atoms with Gasteiger partial charge in [0.2, 0.25) is 0 Å². The van der Waals surface area contributed by atoms with Crippen LogP contribution in [-0.2, 0) is 6.42 Å². The highest BCUT2D eigenvalue weighted by Gasteiger charge is 2.16. The predicted octanol–water partition coefficient (Wildman–Crippen LogP) is 4.48. The topological polar surface area (TPSA) is 70.7 Å². The molecule has 28 heavy (non-hydrogen) atoms. The van der Waals surface area contributed by atoms with Gasteiger partial charge >= 0.3 is 0 Å². The van der Waals surface area contributed by atoms with Crippen molar-refractivity contribution in [1.82, 2.24) is 15.0 Å². The highest BCUT2D eigenvalue weighted by atomic mass is 32.1. The van der Waals surface area contributed by atoms with Crippen molar-refractivity contribution in [3.63, 3.8) is 0 Å². The molecule has 0 spiro atoms. The number of aromatic nitrogens is 3. The van der Waals surface area contributed by atoms with E-state index < -0.39 is 0 Å². The van der Waals surface area contributed by atoms with Crippen LogP contribution in [0.4, 0.5) is 9.52 Å². The zero-order valence-corrected chi connectivity index (χ0v) is 15.5. The first kappa shape index (κ1) is 16.8. The first-order chi connectivity index (χ1) is 13.7. The molecule has 0 amide bonds. The highest BCUT2D eigenvalue weighted by Crippen LogP contribution is 2.38. The molecule has 0 radical (unpaired) electrons. The van der Waals surface area contributed by atoms with Gasteiger partial charge in [0.15, 0.2) is 5.13 Å². The molecule has 0 unspecified atom stereocenters. The van der Waals surface area contributed by atoms with E-state index >= 15 is 0 Å². The number of aromatic amines is 1. The average Bonchev–Trinajstić information content (AvgIpc) is 3.13. The van der Waals surface area contributed by atoms with Gasteiger partial charge in [-0.05, 0) is 36.4 Å². The summed E-state index contributed by atoms with van der Waals surface area (Å²) in [6.45, 7) is 0.696. The smallest absolute Gasteiger partial charge is 0.256 e. The van der Waals surface area contributed by atoms with E-state index in [0.29, 0.717) is 17.3 Å². The van der Waals surface area contributed by atoms with Crippen LogP contribution in [0.25, 0.3) is 31.8 Å². The number of rotatable bonds is 4. The molecule has 0 aliphatic rings. The van der Waals surface area contributed by atoms with Gasteiger partial charge in [0.1, 0.15) is 5.82 Å². The van der Waals surface area contributed by atoms with E-state index in [-0.39, 0.29) is 11.4 Å². The minimum atomic E-state index is -0.375. The van der Waals surface area contributed by atoms with Gasteiger partial charge in [0.25, 0.3) is 5.56 Å². The summed E-state index contributed by atoms with van der Waals surface area (Å²) in [6, 6.07) is 12.2. The summed E-state index contributed by atoms with van der Waals surface area (Å²) in [6.07, 6.45) is 4.17. The third kappa shape index (κ3) is 2.80. The second kappa shape index (κ2) is 6.69. The van der Waals surface area contributed by atoms with Gasteiger partial charge in [0.05, 0.1) is 15.6 Å². The average molecular weight is 390 g/mol. The quantitative estimate of drug-likeness (QED) is 0.444. The van der Waals surface area contributed by atoms with E-state index in [4.69, 9.17) is 4.98 Å². The summed E-state index contributed by atoms with van der Waals surface area (Å²) in [5.41, 5.74) is 1.56. The van der Waals surface area contributed by atoms with Gasteiger partial charge in [-0.3, -0.25) is 9.78 Å². The van der Waals surface area contributed by atoms with E-state index in [0.717, 1.165) is 38.2 Å². The Morgan fingerprint density at radius 2 is 2.04 bits per heavy atom. The number of anilines is 1. The maximum absolute atomic E-state index is 13.9. The Hall–Kier alpha value is -3.32. The summed E-state index contributed by atoms with van der Waals surface area (Å²) in [7, 11) is 0. The minimum Gasteiger partial charge on any atom is -0.361 e. The standard InChI is InChI=1S/C21H15FN4OS/c22-12-4-5-14-16(11-12)17-15(7-10-24-20(17)27)19-18(14)26-21(28-19)25-9-6-13-3-1-2-8-23-13/h1-5,7-8,10-11H,6,9H2,(H,24,27)(H,25,26). The lowest BCUT2D eigenvalue weighted by molar-refractivity contribution is 0.630. The fourth-order valence-electron chi connectivity index (χ4n) is 3.47. The molecular formula is C21H15FN4OS. The second-order valence-corrected chi connectivity index (χ2v) is 7.48. The third-order valence-electron chi connectivity index (χ3n) is 4.72. The largest absolute Gasteiger partial charge is 0.361 e. The number of fused-ring (bicyclic) bond motifs is 6. The summed E-state index contributed by atoms with van der Waals surface area (Å²) < 4.78 is 14.8. The molecule has 3 aromatic heterocycles.